The molecule has 0 unspecified atom stereocenters. The van der Waals surface area contributed by atoms with Gasteiger partial charge in [-0.25, -0.2) is 0 Å². The first-order valence-electron chi connectivity index (χ1n) is 9.56. The van der Waals surface area contributed by atoms with E-state index >= 15 is 0 Å². The molecule has 0 atom stereocenters. The number of carbonyl (C=O) groups is 1. The molecule has 1 saturated heterocycles. The maximum absolute atomic E-state index is 13.3. The van der Waals surface area contributed by atoms with Crippen LogP contribution in [0.2, 0.25) is 0 Å². The number of amides is 1. The van der Waals surface area contributed by atoms with Gasteiger partial charge in [-0.2, -0.15) is 0 Å². The molecule has 4 aliphatic carbocycles. The lowest BCUT2D eigenvalue weighted by molar-refractivity contribution is -0.159. The molecule has 0 spiro atoms. The van der Waals surface area contributed by atoms with Crippen molar-refractivity contribution in [2.75, 3.05) is 32.7 Å². The van der Waals surface area contributed by atoms with Crippen molar-refractivity contribution in [2.45, 2.75) is 52.4 Å². The van der Waals surface area contributed by atoms with Crippen LogP contribution >= 0.6 is 0 Å². The normalized spacial score (nSPS) is 41.4. The Labute approximate surface area is 135 Å². The average molecular weight is 304 g/mol. The fourth-order valence-corrected chi connectivity index (χ4v) is 6.36. The highest BCUT2D eigenvalue weighted by Crippen LogP contribution is 2.60. The number of nitrogens with zero attached hydrogens (tertiary/aromatic N) is 2. The molecule has 124 valence electrons. The van der Waals surface area contributed by atoms with Crippen LogP contribution in [0.3, 0.4) is 0 Å². The summed E-state index contributed by atoms with van der Waals surface area (Å²) in [5, 5.41) is 0. The Morgan fingerprint density at radius 2 is 1.45 bits per heavy atom. The van der Waals surface area contributed by atoms with E-state index in [9.17, 15) is 4.79 Å². The lowest BCUT2D eigenvalue weighted by atomic mass is 9.49. The number of carbonyl (C=O) groups excluding carboxylic acids is 1. The lowest BCUT2D eigenvalue weighted by Gasteiger charge is -2.57. The van der Waals surface area contributed by atoms with Crippen LogP contribution in [-0.4, -0.2) is 48.4 Å². The Morgan fingerprint density at radius 3 is 1.91 bits per heavy atom. The van der Waals surface area contributed by atoms with Gasteiger partial charge >= 0.3 is 0 Å². The Bertz CT molecular complexity index is 401. The molecule has 0 radical (unpaired) electrons. The minimum atomic E-state index is 0.0645. The van der Waals surface area contributed by atoms with Gasteiger partial charge in [0.25, 0.3) is 0 Å². The van der Waals surface area contributed by atoms with Crippen molar-refractivity contribution in [3.05, 3.63) is 0 Å². The third kappa shape index (κ3) is 2.60. The van der Waals surface area contributed by atoms with E-state index in [2.05, 4.69) is 23.6 Å². The molecule has 5 aliphatic rings. The molecular weight excluding hydrogens is 272 g/mol. The molecular formula is C19H32N2O. The largest absolute Gasteiger partial charge is 0.340 e. The number of hydrogen-bond acceptors (Lipinski definition) is 2. The van der Waals surface area contributed by atoms with Crippen molar-refractivity contribution >= 4 is 5.91 Å². The SMILES string of the molecule is CC(C)CN1CCN(C(=O)C23CC4CC(CC(C4)C2)C3)CC1. The van der Waals surface area contributed by atoms with Gasteiger partial charge in [-0.3, -0.25) is 9.69 Å². The Balaban J connectivity index is 1.40. The van der Waals surface area contributed by atoms with E-state index in [-0.39, 0.29) is 5.41 Å². The maximum atomic E-state index is 13.3. The second-order valence-corrected chi connectivity index (χ2v) is 9.18. The molecule has 3 heteroatoms. The minimum absolute atomic E-state index is 0.0645. The molecule has 0 N–H and O–H groups in total. The van der Waals surface area contributed by atoms with E-state index in [1.54, 1.807) is 0 Å². The highest BCUT2D eigenvalue weighted by Gasteiger charge is 2.55. The predicted molar refractivity (Wildman–Crippen MR) is 88.5 cm³/mol. The summed E-state index contributed by atoms with van der Waals surface area (Å²) in [5.74, 6) is 3.88. The molecule has 1 heterocycles. The summed E-state index contributed by atoms with van der Waals surface area (Å²) in [6.07, 6.45) is 7.91. The number of hydrogen-bond donors (Lipinski definition) is 0. The number of piperazine rings is 1. The molecule has 1 aliphatic heterocycles. The molecule has 4 bridgehead atoms. The zero-order valence-electron chi connectivity index (χ0n) is 14.4. The quantitative estimate of drug-likeness (QED) is 0.800. The summed E-state index contributed by atoms with van der Waals surface area (Å²) in [4.78, 5) is 18.0. The van der Waals surface area contributed by atoms with Crippen LogP contribution in [0, 0.1) is 29.1 Å². The van der Waals surface area contributed by atoms with Gasteiger partial charge in [-0.1, -0.05) is 13.8 Å². The number of rotatable bonds is 3. The fourth-order valence-electron chi connectivity index (χ4n) is 6.36. The first kappa shape index (κ1) is 15.0. The van der Waals surface area contributed by atoms with Crippen molar-refractivity contribution in [1.82, 2.24) is 9.80 Å². The predicted octanol–water partition coefficient (Wildman–Crippen LogP) is 3.00. The van der Waals surface area contributed by atoms with E-state index in [1.807, 2.05) is 0 Å². The second kappa shape index (κ2) is 5.51. The summed E-state index contributed by atoms with van der Waals surface area (Å²) in [6, 6.07) is 0. The van der Waals surface area contributed by atoms with Gasteiger partial charge < -0.3 is 4.90 Å². The smallest absolute Gasteiger partial charge is 0.228 e. The molecule has 0 aromatic rings. The van der Waals surface area contributed by atoms with E-state index in [1.165, 1.54) is 45.1 Å². The van der Waals surface area contributed by atoms with Crippen molar-refractivity contribution in [3.8, 4) is 0 Å². The molecule has 4 saturated carbocycles. The summed E-state index contributed by atoms with van der Waals surface area (Å²) in [5.41, 5.74) is 0.0645. The Kier molecular flexibility index (Phi) is 3.75. The molecule has 22 heavy (non-hydrogen) atoms. The van der Waals surface area contributed by atoms with Crippen LogP contribution in [0.5, 0.6) is 0 Å². The summed E-state index contributed by atoms with van der Waals surface area (Å²) < 4.78 is 0. The topological polar surface area (TPSA) is 23.6 Å². The van der Waals surface area contributed by atoms with Crippen LogP contribution in [0.25, 0.3) is 0 Å². The summed E-state index contributed by atoms with van der Waals surface area (Å²) >= 11 is 0. The standard InChI is InChI=1S/C19H32N2O/c1-14(2)13-20-3-5-21(6-4-20)18(22)19-10-15-7-16(11-19)9-17(8-15)12-19/h14-17H,3-13H2,1-2H3. The molecule has 3 nitrogen and oxygen atoms in total. The highest BCUT2D eigenvalue weighted by atomic mass is 16.2. The summed E-state index contributed by atoms with van der Waals surface area (Å²) in [6.45, 7) is 9.84. The minimum Gasteiger partial charge on any atom is -0.340 e. The van der Waals surface area contributed by atoms with Crippen molar-refractivity contribution in [2.24, 2.45) is 29.1 Å². The third-order valence-electron chi connectivity index (χ3n) is 6.77. The van der Waals surface area contributed by atoms with Gasteiger partial charge in [0.2, 0.25) is 5.91 Å². The van der Waals surface area contributed by atoms with Gasteiger partial charge in [0.1, 0.15) is 0 Å². The van der Waals surface area contributed by atoms with E-state index in [0.29, 0.717) is 5.91 Å². The van der Waals surface area contributed by atoms with Crippen LogP contribution in [0.4, 0.5) is 0 Å². The van der Waals surface area contributed by atoms with Crippen LogP contribution in [0.1, 0.15) is 52.4 Å². The van der Waals surface area contributed by atoms with Crippen molar-refractivity contribution in [1.29, 1.82) is 0 Å². The first-order chi connectivity index (χ1) is 10.5. The van der Waals surface area contributed by atoms with E-state index in [0.717, 1.165) is 49.9 Å². The van der Waals surface area contributed by atoms with E-state index < -0.39 is 0 Å². The van der Waals surface area contributed by atoms with Crippen molar-refractivity contribution in [3.63, 3.8) is 0 Å². The molecule has 0 aromatic carbocycles. The fraction of sp³-hybridized carbons (Fsp3) is 0.947. The molecule has 5 fully saturated rings. The Morgan fingerprint density at radius 1 is 0.955 bits per heavy atom. The van der Waals surface area contributed by atoms with Crippen LogP contribution in [-0.2, 0) is 4.79 Å². The van der Waals surface area contributed by atoms with Gasteiger partial charge in [0.15, 0.2) is 0 Å². The van der Waals surface area contributed by atoms with Gasteiger partial charge in [-0.15, -0.1) is 0 Å². The monoisotopic (exact) mass is 304 g/mol. The lowest BCUT2D eigenvalue weighted by Crippen LogP contribution is -2.58. The highest BCUT2D eigenvalue weighted by molar-refractivity contribution is 5.83. The van der Waals surface area contributed by atoms with Crippen molar-refractivity contribution < 1.29 is 4.79 Å². The average Bonchev–Trinajstić information content (AvgIpc) is 2.45. The van der Waals surface area contributed by atoms with Gasteiger partial charge in [0, 0.05) is 32.7 Å². The van der Waals surface area contributed by atoms with Gasteiger partial charge in [0.05, 0.1) is 5.41 Å². The van der Waals surface area contributed by atoms with E-state index in [4.69, 9.17) is 0 Å². The summed E-state index contributed by atoms with van der Waals surface area (Å²) in [7, 11) is 0. The zero-order chi connectivity index (χ0) is 15.3. The second-order valence-electron chi connectivity index (χ2n) is 9.18. The van der Waals surface area contributed by atoms with Crippen LogP contribution < -0.4 is 0 Å². The first-order valence-corrected chi connectivity index (χ1v) is 9.56. The van der Waals surface area contributed by atoms with Gasteiger partial charge in [-0.05, 0) is 62.2 Å². The molecule has 0 aromatic heterocycles. The molecule has 5 rings (SSSR count). The Hall–Kier alpha value is -0.570. The van der Waals surface area contributed by atoms with Crippen LogP contribution in [0.15, 0.2) is 0 Å². The third-order valence-corrected chi connectivity index (χ3v) is 6.77. The molecule has 1 amide bonds. The zero-order valence-corrected chi connectivity index (χ0v) is 14.4. The maximum Gasteiger partial charge on any atom is 0.228 e.